The minimum atomic E-state index is -0.467. The molecule has 26 heavy (non-hydrogen) atoms. The molecule has 1 heterocycles. The van der Waals surface area contributed by atoms with E-state index < -0.39 is 5.60 Å². The van der Waals surface area contributed by atoms with Gasteiger partial charge >= 0.3 is 13.1 Å². The Balaban J connectivity index is 1.50. The van der Waals surface area contributed by atoms with Crippen molar-refractivity contribution in [3.63, 3.8) is 0 Å². The van der Waals surface area contributed by atoms with E-state index in [1.54, 1.807) is 7.11 Å². The molecule has 0 spiro atoms. The molecule has 4 fully saturated rings. The van der Waals surface area contributed by atoms with Crippen LogP contribution in [0.15, 0.2) is 0 Å². The zero-order chi connectivity index (χ0) is 19.3. The summed E-state index contributed by atoms with van der Waals surface area (Å²) in [6, 6.07) is 0. The van der Waals surface area contributed by atoms with Crippen LogP contribution in [0.25, 0.3) is 0 Å². The van der Waals surface area contributed by atoms with Crippen molar-refractivity contribution in [1.29, 1.82) is 0 Å². The van der Waals surface area contributed by atoms with E-state index in [0.29, 0.717) is 11.3 Å². The molecule has 4 rings (SSSR count). The van der Waals surface area contributed by atoms with E-state index in [1.807, 2.05) is 20.8 Å². The predicted molar refractivity (Wildman–Crippen MR) is 101 cm³/mol. The minimum Gasteiger partial charge on any atom is -0.460 e. The van der Waals surface area contributed by atoms with Gasteiger partial charge in [0.15, 0.2) is 0 Å². The summed E-state index contributed by atoms with van der Waals surface area (Å²) in [6.45, 7) is 12.6. The van der Waals surface area contributed by atoms with Crippen molar-refractivity contribution in [2.75, 3.05) is 7.11 Å². The van der Waals surface area contributed by atoms with Crippen LogP contribution >= 0.6 is 0 Å². The van der Waals surface area contributed by atoms with Crippen molar-refractivity contribution in [2.24, 2.45) is 17.3 Å². The third kappa shape index (κ3) is 3.70. The third-order valence-electron chi connectivity index (χ3n) is 6.87. The molecule has 4 aliphatic rings. The summed E-state index contributed by atoms with van der Waals surface area (Å²) in [5.74, 6) is 1.11. The number of hydrogen-bond donors (Lipinski definition) is 0. The Morgan fingerprint density at radius 3 is 2.54 bits per heavy atom. The summed E-state index contributed by atoms with van der Waals surface area (Å²) in [6.07, 6.45) is 4.12. The standard InChI is InChI=1S/C20H35BO5/c1-18(2,3)24-17(22)12-14(23-7)8-9-21-25-16-11-13-10-15(19(13,4)5)20(16,6)26-21/h13-16H,8-12H2,1-7H3/t13-,14-,15-,16+,20-/m0/s1. The second-order valence-electron chi connectivity index (χ2n) is 10.1. The van der Waals surface area contributed by atoms with Gasteiger partial charge in [0.2, 0.25) is 0 Å². The SMILES string of the molecule is CO[C@@H](CCB1O[C@@H]2C[C@@H]3C[C@@H](C3(C)C)[C@]2(C)O1)CC(=O)OC(C)(C)C. The fraction of sp³-hybridized carbons (Fsp3) is 0.950. The largest absolute Gasteiger partial charge is 0.460 e. The highest BCUT2D eigenvalue weighted by molar-refractivity contribution is 6.45. The molecular weight excluding hydrogens is 331 g/mol. The molecule has 6 heteroatoms. The maximum absolute atomic E-state index is 12.0. The topological polar surface area (TPSA) is 54.0 Å². The van der Waals surface area contributed by atoms with Gasteiger partial charge in [-0.3, -0.25) is 4.79 Å². The number of ether oxygens (including phenoxy) is 2. The molecule has 2 bridgehead atoms. The number of hydrogen-bond acceptors (Lipinski definition) is 5. The molecule has 0 radical (unpaired) electrons. The zero-order valence-corrected chi connectivity index (χ0v) is 17.5. The summed E-state index contributed by atoms with van der Waals surface area (Å²) in [5.41, 5.74) is -0.281. The van der Waals surface area contributed by atoms with Gasteiger partial charge in [-0.15, -0.1) is 0 Å². The van der Waals surface area contributed by atoms with Crippen molar-refractivity contribution in [3.8, 4) is 0 Å². The third-order valence-corrected chi connectivity index (χ3v) is 6.87. The molecule has 0 N–H and O–H groups in total. The first-order valence-corrected chi connectivity index (χ1v) is 10.0. The average molecular weight is 366 g/mol. The van der Waals surface area contributed by atoms with Crippen LogP contribution in [0.2, 0.25) is 6.32 Å². The smallest absolute Gasteiger partial charge is 0.457 e. The molecule has 3 saturated carbocycles. The van der Waals surface area contributed by atoms with Crippen LogP contribution < -0.4 is 0 Å². The fourth-order valence-corrected chi connectivity index (χ4v) is 5.27. The second-order valence-corrected chi connectivity index (χ2v) is 10.1. The van der Waals surface area contributed by atoms with E-state index >= 15 is 0 Å². The maximum atomic E-state index is 12.0. The molecule has 0 unspecified atom stereocenters. The van der Waals surface area contributed by atoms with Crippen molar-refractivity contribution < 1.29 is 23.6 Å². The van der Waals surface area contributed by atoms with Crippen molar-refractivity contribution in [3.05, 3.63) is 0 Å². The Morgan fingerprint density at radius 1 is 1.27 bits per heavy atom. The van der Waals surface area contributed by atoms with Gasteiger partial charge in [-0.05, 0) is 70.5 Å². The predicted octanol–water partition coefficient (Wildman–Crippen LogP) is 3.85. The first-order chi connectivity index (χ1) is 12.0. The highest BCUT2D eigenvalue weighted by atomic mass is 16.7. The van der Waals surface area contributed by atoms with Crippen LogP contribution in [0.1, 0.15) is 67.2 Å². The molecule has 148 valence electrons. The Labute approximate surface area is 158 Å². The normalized spacial score (nSPS) is 36.3. The molecule has 0 aromatic carbocycles. The minimum absolute atomic E-state index is 0.169. The molecule has 3 aliphatic carbocycles. The molecule has 0 aromatic heterocycles. The van der Waals surface area contributed by atoms with Crippen LogP contribution in [-0.4, -0.2) is 43.6 Å². The second kappa shape index (κ2) is 6.79. The number of carbonyl (C=O) groups excluding carboxylic acids is 1. The quantitative estimate of drug-likeness (QED) is 0.528. The van der Waals surface area contributed by atoms with Gasteiger partial charge in [-0.2, -0.15) is 0 Å². The van der Waals surface area contributed by atoms with Gasteiger partial charge < -0.3 is 18.8 Å². The Bertz CT molecular complexity index is 543. The summed E-state index contributed by atoms with van der Waals surface area (Å²) in [4.78, 5) is 12.0. The van der Waals surface area contributed by atoms with Gasteiger partial charge in [0, 0.05) is 7.11 Å². The zero-order valence-electron chi connectivity index (χ0n) is 17.5. The number of carbonyl (C=O) groups is 1. The van der Waals surface area contributed by atoms with Gasteiger partial charge in [0.1, 0.15) is 5.60 Å². The van der Waals surface area contributed by atoms with Crippen molar-refractivity contribution in [2.45, 2.75) is 97.0 Å². The Kier molecular flexibility index (Phi) is 5.26. The average Bonchev–Trinajstić information content (AvgIpc) is 2.85. The summed E-state index contributed by atoms with van der Waals surface area (Å²) < 4.78 is 23.6. The van der Waals surface area contributed by atoms with Crippen LogP contribution in [0.5, 0.6) is 0 Å². The monoisotopic (exact) mass is 366 g/mol. The summed E-state index contributed by atoms with van der Waals surface area (Å²) in [5, 5.41) is 0. The number of methoxy groups -OCH3 is 1. The molecule has 0 aromatic rings. The van der Waals surface area contributed by atoms with E-state index in [-0.39, 0.29) is 37.3 Å². The van der Waals surface area contributed by atoms with E-state index in [1.165, 1.54) is 6.42 Å². The van der Waals surface area contributed by atoms with E-state index in [4.69, 9.17) is 18.8 Å². The van der Waals surface area contributed by atoms with Gasteiger partial charge in [-0.1, -0.05) is 13.8 Å². The summed E-state index contributed by atoms with van der Waals surface area (Å²) >= 11 is 0. The molecular formula is C20H35BO5. The lowest BCUT2D eigenvalue weighted by atomic mass is 9.43. The van der Waals surface area contributed by atoms with Crippen LogP contribution in [0, 0.1) is 17.3 Å². The van der Waals surface area contributed by atoms with Crippen LogP contribution in [0.3, 0.4) is 0 Å². The highest BCUT2D eigenvalue weighted by Gasteiger charge is 2.67. The maximum Gasteiger partial charge on any atom is 0.457 e. The first-order valence-electron chi connectivity index (χ1n) is 10.0. The van der Waals surface area contributed by atoms with Gasteiger partial charge in [0.05, 0.1) is 24.2 Å². The lowest BCUT2D eigenvalue weighted by Crippen LogP contribution is -2.65. The van der Waals surface area contributed by atoms with E-state index in [0.717, 1.165) is 25.1 Å². The molecule has 5 atom stereocenters. The van der Waals surface area contributed by atoms with Gasteiger partial charge in [0.25, 0.3) is 0 Å². The van der Waals surface area contributed by atoms with Gasteiger partial charge in [-0.25, -0.2) is 0 Å². The molecule has 1 saturated heterocycles. The Hall–Kier alpha value is -0.585. The molecule has 0 amide bonds. The first kappa shape index (κ1) is 20.2. The number of rotatable bonds is 6. The fourth-order valence-electron chi connectivity index (χ4n) is 5.27. The summed E-state index contributed by atoms with van der Waals surface area (Å²) in [7, 11) is 1.44. The lowest BCUT2D eigenvalue weighted by Gasteiger charge is -2.64. The Morgan fingerprint density at radius 2 is 1.96 bits per heavy atom. The lowest BCUT2D eigenvalue weighted by molar-refractivity contribution is -0.199. The molecule has 5 nitrogen and oxygen atoms in total. The number of esters is 1. The van der Waals surface area contributed by atoms with Crippen molar-refractivity contribution in [1.82, 2.24) is 0 Å². The van der Waals surface area contributed by atoms with E-state index in [9.17, 15) is 4.79 Å². The van der Waals surface area contributed by atoms with Crippen LogP contribution in [0.4, 0.5) is 0 Å². The molecule has 1 aliphatic heterocycles. The highest BCUT2D eigenvalue weighted by Crippen LogP contribution is 2.65. The van der Waals surface area contributed by atoms with E-state index in [2.05, 4.69) is 20.8 Å². The van der Waals surface area contributed by atoms with Crippen molar-refractivity contribution >= 4 is 13.1 Å². The van der Waals surface area contributed by atoms with Crippen LogP contribution in [-0.2, 0) is 23.6 Å².